The summed E-state index contributed by atoms with van der Waals surface area (Å²) in [5, 5.41) is 5.78. The summed E-state index contributed by atoms with van der Waals surface area (Å²) in [4.78, 5) is 25.3. The number of nitrogens with one attached hydrogen (secondary N) is 1. The van der Waals surface area contributed by atoms with E-state index in [9.17, 15) is 4.79 Å². The van der Waals surface area contributed by atoms with Crippen LogP contribution in [0, 0.1) is 13.8 Å². The van der Waals surface area contributed by atoms with Gasteiger partial charge in [0, 0.05) is 10.9 Å². The Labute approximate surface area is 149 Å². The molecule has 0 atom stereocenters. The maximum Gasteiger partial charge on any atom is 0.341 e. The lowest BCUT2D eigenvalue weighted by atomic mass is 10.2. The minimum absolute atomic E-state index is 0.319. The van der Waals surface area contributed by atoms with Crippen LogP contribution in [-0.2, 0) is 4.74 Å². The number of esters is 1. The van der Waals surface area contributed by atoms with Gasteiger partial charge in [-0.15, -0.1) is 11.3 Å². The molecular weight excluding hydrogens is 336 g/mol. The fraction of sp³-hybridized carbons (Fsp3) is 0.222. The molecule has 0 saturated carbocycles. The predicted molar refractivity (Wildman–Crippen MR) is 98.3 cm³/mol. The Morgan fingerprint density at radius 3 is 2.44 bits per heavy atom. The zero-order valence-corrected chi connectivity index (χ0v) is 15.1. The van der Waals surface area contributed by atoms with E-state index in [4.69, 9.17) is 4.74 Å². The van der Waals surface area contributed by atoms with E-state index in [0.717, 1.165) is 11.3 Å². The molecule has 1 aromatic carbocycles. The zero-order chi connectivity index (χ0) is 17.8. The van der Waals surface area contributed by atoms with Crippen LogP contribution in [0.5, 0.6) is 0 Å². The second-order valence-electron chi connectivity index (χ2n) is 5.34. The minimum Gasteiger partial charge on any atom is -0.462 e. The van der Waals surface area contributed by atoms with Crippen molar-refractivity contribution in [3.63, 3.8) is 0 Å². The van der Waals surface area contributed by atoms with Gasteiger partial charge in [0.15, 0.2) is 5.13 Å². The Morgan fingerprint density at radius 2 is 1.80 bits per heavy atom. The van der Waals surface area contributed by atoms with E-state index < -0.39 is 5.97 Å². The Hall–Kier alpha value is -2.80. The molecule has 128 valence electrons. The number of hydrogen-bond donors (Lipinski definition) is 1. The first-order valence-electron chi connectivity index (χ1n) is 7.88. The van der Waals surface area contributed by atoms with Gasteiger partial charge in [-0.1, -0.05) is 30.3 Å². The fourth-order valence-corrected chi connectivity index (χ4v) is 3.15. The SMILES string of the molecule is CCOC(=O)c1c(C)nc(Nc2nc(-c3ccccc3)cs2)nc1C. The van der Waals surface area contributed by atoms with Gasteiger partial charge in [0.1, 0.15) is 5.56 Å². The number of rotatable bonds is 5. The first-order chi connectivity index (χ1) is 12.1. The van der Waals surface area contributed by atoms with E-state index in [-0.39, 0.29) is 0 Å². The molecule has 0 radical (unpaired) electrons. The van der Waals surface area contributed by atoms with Crippen LogP contribution in [0.15, 0.2) is 35.7 Å². The van der Waals surface area contributed by atoms with Crippen molar-refractivity contribution < 1.29 is 9.53 Å². The molecule has 0 aliphatic rings. The number of thiazole rings is 1. The third-order valence-corrected chi connectivity index (χ3v) is 4.30. The van der Waals surface area contributed by atoms with Gasteiger partial charge in [0.05, 0.1) is 23.7 Å². The molecule has 3 aromatic rings. The average molecular weight is 354 g/mol. The Kier molecular flexibility index (Phi) is 5.04. The van der Waals surface area contributed by atoms with Gasteiger partial charge >= 0.3 is 5.97 Å². The van der Waals surface area contributed by atoms with E-state index in [2.05, 4.69) is 20.3 Å². The summed E-state index contributed by atoms with van der Waals surface area (Å²) in [6, 6.07) is 9.95. The third kappa shape index (κ3) is 3.83. The number of ether oxygens (including phenoxy) is 1. The molecule has 25 heavy (non-hydrogen) atoms. The molecule has 2 aromatic heterocycles. The number of aromatic nitrogens is 3. The first-order valence-corrected chi connectivity index (χ1v) is 8.76. The minimum atomic E-state index is -0.398. The molecule has 3 rings (SSSR count). The van der Waals surface area contributed by atoms with Crippen LogP contribution in [0.2, 0.25) is 0 Å². The molecule has 0 unspecified atom stereocenters. The van der Waals surface area contributed by atoms with Crippen LogP contribution in [0.4, 0.5) is 11.1 Å². The van der Waals surface area contributed by atoms with Crippen molar-refractivity contribution in [1.82, 2.24) is 15.0 Å². The first kappa shape index (κ1) is 17.0. The Balaban J connectivity index is 1.82. The maximum atomic E-state index is 12.0. The maximum absolute atomic E-state index is 12.0. The van der Waals surface area contributed by atoms with Crippen LogP contribution in [0.25, 0.3) is 11.3 Å². The lowest BCUT2D eigenvalue weighted by Gasteiger charge is -2.10. The largest absolute Gasteiger partial charge is 0.462 e. The molecule has 0 bridgehead atoms. The number of carbonyl (C=O) groups excluding carboxylic acids is 1. The molecule has 0 aliphatic carbocycles. The van der Waals surface area contributed by atoms with Gasteiger partial charge in [-0.25, -0.2) is 19.7 Å². The lowest BCUT2D eigenvalue weighted by molar-refractivity contribution is 0.0523. The van der Waals surface area contributed by atoms with Crippen LogP contribution >= 0.6 is 11.3 Å². The van der Waals surface area contributed by atoms with E-state index in [1.807, 2.05) is 35.7 Å². The molecule has 0 fully saturated rings. The summed E-state index contributed by atoms with van der Waals surface area (Å²) in [5.41, 5.74) is 3.51. The van der Waals surface area contributed by atoms with Crippen molar-refractivity contribution in [2.45, 2.75) is 20.8 Å². The van der Waals surface area contributed by atoms with Gasteiger partial charge in [0.25, 0.3) is 0 Å². The molecule has 0 aliphatic heterocycles. The highest BCUT2D eigenvalue weighted by molar-refractivity contribution is 7.14. The number of hydrogen-bond acceptors (Lipinski definition) is 7. The molecule has 6 nitrogen and oxygen atoms in total. The predicted octanol–water partition coefficient (Wildman–Crippen LogP) is 4.14. The molecule has 7 heteroatoms. The molecule has 0 saturated heterocycles. The number of aryl methyl sites for hydroxylation is 2. The highest BCUT2D eigenvalue weighted by atomic mass is 32.1. The summed E-state index contributed by atoms with van der Waals surface area (Å²) in [5.74, 6) is 0.0154. The highest BCUT2D eigenvalue weighted by Crippen LogP contribution is 2.26. The lowest BCUT2D eigenvalue weighted by Crippen LogP contribution is -2.13. The Bertz CT molecular complexity index is 870. The third-order valence-electron chi connectivity index (χ3n) is 3.54. The molecule has 0 amide bonds. The summed E-state index contributed by atoms with van der Waals surface area (Å²) < 4.78 is 5.05. The number of carbonyl (C=O) groups is 1. The number of nitrogens with zero attached hydrogens (tertiary/aromatic N) is 3. The second kappa shape index (κ2) is 7.40. The Morgan fingerprint density at radius 1 is 1.12 bits per heavy atom. The smallest absolute Gasteiger partial charge is 0.341 e. The van der Waals surface area contributed by atoms with Crippen molar-refractivity contribution >= 4 is 28.4 Å². The molecule has 1 N–H and O–H groups in total. The second-order valence-corrected chi connectivity index (χ2v) is 6.20. The zero-order valence-electron chi connectivity index (χ0n) is 14.2. The molecular formula is C18H18N4O2S. The van der Waals surface area contributed by atoms with Crippen LogP contribution in [0.1, 0.15) is 28.7 Å². The highest BCUT2D eigenvalue weighted by Gasteiger charge is 2.17. The quantitative estimate of drug-likeness (QED) is 0.694. The van der Waals surface area contributed by atoms with Crippen molar-refractivity contribution in [3.05, 3.63) is 52.7 Å². The fourth-order valence-electron chi connectivity index (χ4n) is 2.44. The van der Waals surface area contributed by atoms with Gasteiger partial charge < -0.3 is 10.1 Å². The monoisotopic (exact) mass is 354 g/mol. The normalized spacial score (nSPS) is 10.5. The number of anilines is 2. The van der Waals surface area contributed by atoms with E-state index in [1.54, 1.807) is 20.8 Å². The van der Waals surface area contributed by atoms with E-state index in [0.29, 0.717) is 34.6 Å². The van der Waals surface area contributed by atoms with Gasteiger partial charge in [-0.05, 0) is 20.8 Å². The van der Waals surface area contributed by atoms with Crippen molar-refractivity contribution in [3.8, 4) is 11.3 Å². The summed E-state index contributed by atoms with van der Waals surface area (Å²) in [6.45, 7) is 5.62. The van der Waals surface area contributed by atoms with Gasteiger partial charge in [-0.3, -0.25) is 0 Å². The number of benzene rings is 1. The van der Waals surface area contributed by atoms with Gasteiger partial charge in [-0.2, -0.15) is 0 Å². The molecule has 2 heterocycles. The average Bonchev–Trinajstić information content (AvgIpc) is 3.04. The summed E-state index contributed by atoms with van der Waals surface area (Å²) in [7, 11) is 0. The summed E-state index contributed by atoms with van der Waals surface area (Å²) in [6.07, 6.45) is 0. The standard InChI is InChI=1S/C18H18N4O2S/c1-4-24-16(23)15-11(2)19-17(20-12(15)3)22-18-21-14(10-25-18)13-8-6-5-7-9-13/h5-10H,4H2,1-3H3,(H,19,20,21,22). The van der Waals surface area contributed by atoms with Crippen molar-refractivity contribution in [2.75, 3.05) is 11.9 Å². The van der Waals surface area contributed by atoms with Crippen molar-refractivity contribution in [1.29, 1.82) is 0 Å². The van der Waals surface area contributed by atoms with Crippen molar-refractivity contribution in [2.24, 2.45) is 0 Å². The molecule has 0 spiro atoms. The van der Waals surface area contributed by atoms with Crippen LogP contribution in [0.3, 0.4) is 0 Å². The van der Waals surface area contributed by atoms with E-state index >= 15 is 0 Å². The van der Waals surface area contributed by atoms with Crippen LogP contribution < -0.4 is 5.32 Å². The summed E-state index contributed by atoms with van der Waals surface area (Å²) >= 11 is 1.48. The van der Waals surface area contributed by atoms with Gasteiger partial charge in [0.2, 0.25) is 5.95 Å². The van der Waals surface area contributed by atoms with Crippen LogP contribution in [-0.4, -0.2) is 27.5 Å². The topological polar surface area (TPSA) is 77.0 Å². The van der Waals surface area contributed by atoms with E-state index in [1.165, 1.54) is 11.3 Å².